The first-order chi connectivity index (χ1) is 9.15. The second-order valence-electron chi connectivity index (χ2n) is 4.17. The van der Waals surface area contributed by atoms with E-state index in [2.05, 4.69) is 11.4 Å². The molecule has 1 N–H and O–H groups in total. The van der Waals surface area contributed by atoms with Gasteiger partial charge in [-0.05, 0) is 6.92 Å². The van der Waals surface area contributed by atoms with Crippen LogP contribution in [0.25, 0.3) is 0 Å². The first-order valence-corrected chi connectivity index (χ1v) is 6.05. The van der Waals surface area contributed by atoms with E-state index in [9.17, 15) is 0 Å². The molecule has 1 unspecified atom stereocenters. The first kappa shape index (κ1) is 15.1. The van der Waals surface area contributed by atoms with Gasteiger partial charge >= 0.3 is 0 Å². The molecule has 0 fully saturated rings. The molecule has 1 rings (SSSR count). The van der Waals surface area contributed by atoms with Crippen molar-refractivity contribution in [2.75, 3.05) is 27.9 Å². The third-order valence-electron chi connectivity index (χ3n) is 2.79. The van der Waals surface area contributed by atoms with Crippen LogP contribution < -0.4 is 19.5 Å². The van der Waals surface area contributed by atoms with Gasteiger partial charge in [0, 0.05) is 25.2 Å². The number of nitrogens with one attached hydrogen (secondary N) is 1. The molecule has 1 aromatic carbocycles. The smallest absolute Gasteiger partial charge is 0.130 e. The second kappa shape index (κ2) is 7.49. The Hall–Kier alpha value is -1.93. The van der Waals surface area contributed by atoms with Gasteiger partial charge in [0.15, 0.2) is 0 Å². The predicted octanol–water partition coefficient (Wildman–Crippen LogP) is 1.96. The molecule has 0 heterocycles. The number of methoxy groups -OCH3 is 3. The number of hydrogen-bond acceptors (Lipinski definition) is 5. The normalized spacial score (nSPS) is 11.5. The van der Waals surface area contributed by atoms with Gasteiger partial charge in [-0.15, -0.1) is 0 Å². The third kappa shape index (κ3) is 4.04. The van der Waals surface area contributed by atoms with Crippen LogP contribution in [0.3, 0.4) is 0 Å². The molecule has 0 bridgehead atoms. The van der Waals surface area contributed by atoms with Crippen LogP contribution in [0.15, 0.2) is 12.1 Å². The maximum atomic E-state index is 8.75. The summed E-state index contributed by atoms with van der Waals surface area (Å²) in [6.45, 7) is 3.06. The van der Waals surface area contributed by atoms with E-state index in [-0.39, 0.29) is 5.92 Å². The van der Waals surface area contributed by atoms with Crippen molar-refractivity contribution >= 4 is 0 Å². The van der Waals surface area contributed by atoms with E-state index in [4.69, 9.17) is 19.5 Å². The Balaban J connectivity index is 2.88. The summed E-state index contributed by atoms with van der Waals surface area (Å²) in [6.07, 6.45) is 0. The number of rotatable bonds is 7. The summed E-state index contributed by atoms with van der Waals surface area (Å²) in [5.41, 5.74) is 0.913. The Morgan fingerprint density at radius 3 is 2.16 bits per heavy atom. The van der Waals surface area contributed by atoms with Crippen molar-refractivity contribution in [3.8, 4) is 23.3 Å². The van der Waals surface area contributed by atoms with Gasteiger partial charge in [-0.2, -0.15) is 5.26 Å². The quantitative estimate of drug-likeness (QED) is 0.815. The van der Waals surface area contributed by atoms with Crippen LogP contribution in [0.2, 0.25) is 0 Å². The summed E-state index contributed by atoms with van der Waals surface area (Å²) < 4.78 is 15.9. The van der Waals surface area contributed by atoms with E-state index < -0.39 is 0 Å². The molecule has 5 heteroatoms. The second-order valence-corrected chi connectivity index (χ2v) is 4.17. The number of benzene rings is 1. The van der Waals surface area contributed by atoms with Gasteiger partial charge < -0.3 is 19.5 Å². The highest BCUT2D eigenvalue weighted by molar-refractivity contribution is 5.50. The fourth-order valence-corrected chi connectivity index (χ4v) is 1.71. The molecule has 0 saturated carbocycles. The zero-order valence-electron chi connectivity index (χ0n) is 11.8. The number of nitriles is 1. The summed E-state index contributed by atoms with van der Waals surface area (Å²) in [5, 5.41) is 12.0. The average molecular weight is 264 g/mol. The van der Waals surface area contributed by atoms with Gasteiger partial charge in [0.05, 0.1) is 38.9 Å². The fourth-order valence-electron chi connectivity index (χ4n) is 1.71. The molecule has 19 heavy (non-hydrogen) atoms. The van der Waals surface area contributed by atoms with Crippen LogP contribution in [-0.4, -0.2) is 27.9 Å². The number of hydrogen-bond donors (Lipinski definition) is 1. The molecule has 0 amide bonds. The Labute approximate surface area is 114 Å². The molecule has 1 aromatic rings. The largest absolute Gasteiger partial charge is 0.496 e. The van der Waals surface area contributed by atoms with Gasteiger partial charge in [-0.1, -0.05) is 0 Å². The predicted molar refractivity (Wildman–Crippen MR) is 72.6 cm³/mol. The van der Waals surface area contributed by atoms with Crippen molar-refractivity contribution in [1.82, 2.24) is 5.32 Å². The van der Waals surface area contributed by atoms with Crippen LogP contribution in [0.1, 0.15) is 12.5 Å². The van der Waals surface area contributed by atoms with E-state index in [1.807, 2.05) is 19.1 Å². The zero-order chi connectivity index (χ0) is 14.3. The molecule has 0 radical (unpaired) electrons. The molecule has 0 saturated heterocycles. The Morgan fingerprint density at radius 1 is 1.16 bits per heavy atom. The molecule has 0 aliphatic carbocycles. The summed E-state index contributed by atoms with van der Waals surface area (Å²) in [5.74, 6) is 2.06. The monoisotopic (exact) mass is 264 g/mol. The van der Waals surface area contributed by atoms with E-state index in [0.717, 1.165) is 5.56 Å². The first-order valence-electron chi connectivity index (χ1n) is 6.05. The molecular weight excluding hydrogens is 244 g/mol. The lowest BCUT2D eigenvalue weighted by molar-refractivity contribution is 0.366. The van der Waals surface area contributed by atoms with E-state index in [0.29, 0.717) is 30.3 Å². The third-order valence-corrected chi connectivity index (χ3v) is 2.79. The highest BCUT2D eigenvalue weighted by Crippen LogP contribution is 2.33. The summed E-state index contributed by atoms with van der Waals surface area (Å²) in [7, 11) is 4.81. The lowest BCUT2D eigenvalue weighted by atomic mass is 10.1. The molecule has 1 atom stereocenters. The van der Waals surface area contributed by atoms with Gasteiger partial charge in [-0.25, -0.2) is 0 Å². The summed E-state index contributed by atoms with van der Waals surface area (Å²) in [6, 6.07) is 5.81. The van der Waals surface area contributed by atoms with Gasteiger partial charge in [0.25, 0.3) is 0 Å². The molecule has 0 aromatic heterocycles. The Morgan fingerprint density at radius 2 is 1.74 bits per heavy atom. The molecule has 5 nitrogen and oxygen atoms in total. The Kier molecular flexibility index (Phi) is 5.97. The Bertz CT molecular complexity index is 429. The van der Waals surface area contributed by atoms with Crippen molar-refractivity contribution in [2.24, 2.45) is 5.92 Å². The molecule has 0 aliphatic heterocycles. The zero-order valence-corrected chi connectivity index (χ0v) is 11.8. The van der Waals surface area contributed by atoms with Gasteiger partial charge in [0.2, 0.25) is 0 Å². The SMILES string of the molecule is COc1cc(OC)c(CNCC(C)C#N)c(OC)c1. The van der Waals surface area contributed by atoms with E-state index in [1.165, 1.54) is 0 Å². The van der Waals surface area contributed by atoms with Crippen molar-refractivity contribution in [3.63, 3.8) is 0 Å². The standard InChI is InChI=1S/C14H20N2O3/c1-10(7-15)8-16-9-12-13(18-3)5-11(17-2)6-14(12)19-4/h5-6,10,16H,8-9H2,1-4H3. The number of ether oxygens (including phenoxy) is 3. The lowest BCUT2D eigenvalue weighted by Gasteiger charge is -2.15. The highest BCUT2D eigenvalue weighted by Gasteiger charge is 2.13. The number of nitrogens with zero attached hydrogens (tertiary/aromatic N) is 1. The molecule has 104 valence electrons. The summed E-state index contributed by atoms with van der Waals surface area (Å²) in [4.78, 5) is 0. The van der Waals surface area contributed by atoms with Crippen LogP contribution in [0.5, 0.6) is 17.2 Å². The van der Waals surface area contributed by atoms with Crippen LogP contribution >= 0.6 is 0 Å². The van der Waals surface area contributed by atoms with Crippen LogP contribution in [-0.2, 0) is 6.54 Å². The maximum absolute atomic E-state index is 8.75. The molecule has 0 spiro atoms. The van der Waals surface area contributed by atoms with E-state index >= 15 is 0 Å². The topological polar surface area (TPSA) is 63.5 Å². The van der Waals surface area contributed by atoms with Crippen molar-refractivity contribution < 1.29 is 14.2 Å². The summed E-state index contributed by atoms with van der Waals surface area (Å²) >= 11 is 0. The lowest BCUT2D eigenvalue weighted by Crippen LogP contribution is -2.20. The minimum Gasteiger partial charge on any atom is -0.496 e. The van der Waals surface area contributed by atoms with Crippen LogP contribution in [0, 0.1) is 17.2 Å². The van der Waals surface area contributed by atoms with Crippen LogP contribution in [0.4, 0.5) is 0 Å². The van der Waals surface area contributed by atoms with Gasteiger partial charge in [0.1, 0.15) is 17.2 Å². The van der Waals surface area contributed by atoms with Crippen molar-refractivity contribution in [1.29, 1.82) is 5.26 Å². The minimum atomic E-state index is -0.0322. The van der Waals surface area contributed by atoms with Crippen molar-refractivity contribution in [3.05, 3.63) is 17.7 Å². The van der Waals surface area contributed by atoms with Gasteiger partial charge in [-0.3, -0.25) is 0 Å². The molecular formula is C14H20N2O3. The minimum absolute atomic E-state index is 0.0322. The van der Waals surface area contributed by atoms with E-state index in [1.54, 1.807) is 21.3 Å². The maximum Gasteiger partial charge on any atom is 0.130 e. The molecule has 0 aliphatic rings. The van der Waals surface area contributed by atoms with Crippen molar-refractivity contribution in [2.45, 2.75) is 13.5 Å². The fraction of sp³-hybridized carbons (Fsp3) is 0.500. The highest BCUT2D eigenvalue weighted by atomic mass is 16.5. The average Bonchev–Trinajstić information content (AvgIpc) is 2.46.